The maximum absolute atomic E-state index is 13.3. The molecule has 196 valence electrons. The van der Waals surface area contributed by atoms with Crippen molar-refractivity contribution >= 4 is 0 Å². The van der Waals surface area contributed by atoms with Crippen LogP contribution in [0, 0.1) is 16.7 Å². The number of piperidine rings is 1. The summed E-state index contributed by atoms with van der Waals surface area (Å²) in [6, 6.07) is 0.736. The van der Waals surface area contributed by atoms with Crippen LogP contribution in [0.2, 0.25) is 0 Å². The lowest BCUT2D eigenvalue weighted by molar-refractivity contribution is 0.00852. The normalized spacial score (nSPS) is 29.8. The number of ether oxygens (including phenoxy) is 2. The average molecular weight is 475 g/mol. The van der Waals surface area contributed by atoms with Crippen LogP contribution in [0.4, 0.5) is 8.78 Å². The summed E-state index contributed by atoms with van der Waals surface area (Å²) >= 11 is 0. The standard InChI is InChI=1S/C15H25F2NO.C10H21NO.C2H6/c1-12(2)19-11-13(3-4-13)10-18-7-5-14(6-8-18)9-15(14,16)17;1-8(12-4)9-6-5-7-10(9)11(2)3;1-2/h12H,3-11H2,1-2H3;8-10H,5-7H2,1-4H3;1-2H3/t;8-,9-,10-;/m.0./s1. The summed E-state index contributed by atoms with van der Waals surface area (Å²) in [4.78, 5) is 4.73. The van der Waals surface area contributed by atoms with Crippen LogP contribution in [-0.4, -0.2) is 81.4 Å². The Morgan fingerprint density at radius 2 is 1.58 bits per heavy atom. The van der Waals surface area contributed by atoms with E-state index in [1.807, 2.05) is 21.0 Å². The molecule has 1 aliphatic heterocycles. The van der Waals surface area contributed by atoms with E-state index in [0.717, 1.165) is 38.2 Å². The number of halogens is 2. The minimum Gasteiger partial charge on any atom is -0.381 e. The highest BCUT2D eigenvalue weighted by molar-refractivity contribution is 5.12. The Hall–Kier alpha value is -0.300. The molecule has 0 amide bonds. The van der Waals surface area contributed by atoms with Gasteiger partial charge in [-0.2, -0.15) is 0 Å². The second-order valence-corrected chi connectivity index (χ2v) is 11.4. The third-order valence-electron chi connectivity index (χ3n) is 8.43. The summed E-state index contributed by atoms with van der Waals surface area (Å²) in [5.74, 6) is -1.62. The van der Waals surface area contributed by atoms with Crippen LogP contribution in [0.15, 0.2) is 0 Å². The van der Waals surface area contributed by atoms with Crippen LogP contribution >= 0.6 is 0 Å². The van der Waals surface area contributed by atoms with E-state index in [4.69, 9.17) is 9.47 Å². The Balaban J connectivity index is 0.000000238. The summed E-state index contributed by atoms with van der Waals surface area (Å²) in [5.41, 5.74) is -0.282. The molecular weight excluding hydrogens is 422 g/mol. The monoisotopic (exact) mass is 474 g/mol. The third kappa shape index (κ3) is 7.59. The molecule has 0 unspecified atom stereocenters. The summed E-state index contributed by atoms with van der Waals surface area (Å²) < 4.78 is 37.8. The van der Waals surface area contributed by atoms with Crippen molar-refractivity contribution in [3.05, 3.63) is 0 Å². The topological polar surface area (TPSA) is 24.9 Å². The highest BCUT2D eigenvalue weighted by Crippen LogP contribution is 2.66. The van der Waals surface area contributed by atoms with Crippen molar-refractivity contribution in [1.29, 1.82) is 0 Å². The lowest BCUT2D eigenvalue weighted by Crippen LogP contribution is -2.41. The maximum atomic E-state index is 13.3. The zero-order valence-corrected chi connectivity index (χ0v) is 22.8. The minimum atomic E-state index is -2.36. The lowest BCUT2D eigenvalue weighted by atomic mass is 9.92. The molecule has 33 heavy (non-hydrogen) atoms. The highest BCUT2D eigenvalue weighted by atomic mass is 19.3. The van der Waals surface area contributed by atoms with Gasteiger partial charge in [0.05, 0.1) is 18.8 Å². The molecule has 1 heterocycles. The Kier molecular flexibility index (Phi) is 10.6. The van der Waals surface area contributed by atoms with Gasteiger partial charge < -0.3 is 19.3 Å². The van der Waals surface area contributed by atoms with E-state index in [-0.39, 0.29) is 12.5 Å². The van der Waals surface area contributed by atoms with Gasteiger partial charge in [0.2, 0.25) is 0 Å². The first-order valence-electron chi connectivity index (χ1n) is 13.4. The van der Waals surface area contributed by atoms with Crippen LogP contribution in [-0.2, 0) is 9.47 Å². The zero-order valence-electron chi connectivity index (χ0n) is 22.8. The molecule has 4 fully saturated rings. The number of nitrogens with zero attached hydrogens (tertiary/aromatic N) is 2. The van der Waals surface area contributed by atoms with Gasteiger partial charge in [-0.25, -0.2) is 8.78 Å². The predicted octanol–water partition coefficient (Wildman–Crippen LogP) is 6.09. The Morgan fingerprint density at radius 1 is 1.00 bits per heavy atom. The van der Waals surface area contributed by atoms with E-state index >= 15 is 0 Å². The summed E-state index contributed by atoms with van der Waals surface area (Å²) in [7, 11) is 6.16. The Morgan fingerprint density at radius 3 is 2.00 bits per heavy atom. The van der Waals surface area contributed by atoms with Gasteiger partial charge in [-0.1, -0.05) is 20.3 Å². The zero-order chi connectivity index (χ0) is 24.9. The van der Waals surface area contributed by atoms with Crippen LogP contribution in [0.5, 0.6) is 0 Å². The molecule has 1 saturated heterocycles. The van der Waals surface area contributed by atoms with Gasteiger partial charge in [0, 0.05) is 42.9 Å². The van der Waals surface area contributed by atoms with E-state index in [1.54, 1.807) is 0 Å². The second-order valence-electron chi connectivity index (χ2n) is 11.4. The molecule has 3 aliphatic carbocycles. The van der Waals surface area contributed by atoms with Gasteiger partial charge in [0.15, 0.2) is 0 Å². The number of likely N-dealkylation sites (tertiary alicyclic amines) is 1. The molecule has 0 aromatic heterocycles. The highest BCUT2D eigenvalue weighted by Gasteiger charge is 2.70. The molecule has 3 saturated carbocycles. The van der Waals surface area contributed by atoms with Gasteiger partial charge in [-0.15, -0.1) is 0 Å². The molecule has 3 atom stereocenters. The van der Waals surface area contributed by atoms with Gasteiger partial charge in [-0.3, -0.25) is 0 Å². The largest absolute Gasteiger partial charge is 0.381 e. The molecule has 4 rings (SSSR count). The molecule has 1 spiro atoms. The summed E-state index contributed by atoms with van der Waals surface area (Å²) in [6.45, 7) is 13.9. The van der Waals surface area contributed by atoms with Crippen molar-refractivity contribution in [3.8, 4) is 0 Å². The van der Waals surface area contributed by atoms with E-state index in [2.05, 4.69) is 44.7 Å². The second kappa shape index (κ2) is 12.1. The number of hydrogen-bond donors (Lipinski definition) is 0. The van der Waals surface area contributed by atoms with Crippen LogP contribution in [0.25, 0.3) is 0 Å². The van der Waals surface area contributed by atoms with E-state index < -0.39 is 11.3 Å². The van der Waals surface area contributed by atoms with Gasteiger partial charge in [0.25, 0.3) is 5.92 Å². The van der Waals surface area contributed by atoms with Crippen LogP contribution in [0.1, 0.15) is 86.0 Å². The maximum Gasteiger partial charge on any atom is 0.254 e. The average Bonchev–Trinajstić information content (AvgIpc) is 3.56. The molecule has 4 aliphatic rings. The first-order valence-corrected chi connectivity index (χ1v) is 13.4. The molecule has 0 radical (unpaired) electrons. The van der Waals surface area contributed by atoms with Crippen molar-refractivity contribution in [2.75, 3.05) is 47.4 Å². The van der Waals surface area contributed by atoms with E-state index in [0.29, 0.717) is 24.4 Å². The number of methoxy groups -OCH3 is 1. The summed E-state index contributed by atoms with van der Waals surface area (Å²) in [5, 5.41) is 0. The molecular formula is C27H52F2N2O2. The van der Waals surface area contributed by atoms with Gasteiger partial charge in [0.1, 0.15) is 0 Å². The van der Waals surface area contributed by atoms with Crippen molar-refractivity contribution in [3.63, 3.8) is 0 Å². The molecule has 0 N–H and O–H groups in total. The van der Waals surface area contributed by atoms with Gasteiger partial charge in [-0.05, 0) is 86.5 Å². The molecule has 0 bridgehead atoms. The molecule has 6 heteroatoms. The number of hydrogen-bond acceptors (Lipinski definition) is 4. The molecule has 0 aromatic rings. The fourth-order valence-corrected chi connectivity index (χ4v) is 5.74. The van der Waals surface area contributed by atoms with Gasteiger partial charge >= 0.3 is 0 Å². The third-order valence-corrected chi connectivity index (χ3v) is 8.43. The fourth-order valence-electron chi connectivity index (χ4n) is 5.74. The Labute approximate surface area is 202 Å². The Bertz CT molecular complexity index is 572. The van der Waals surface area contributed by atoms with Crippen molar-refractivity contribution in [1.82, 2.24) is 9.80 Å². The number of rotatable bonds is 8. The van der Waals surface area contributed by atoms with Crippen LogP contribution in [0.3, 0.4) is 0 Å². The van der Waals surface area contributed by atoms with Crippen molar-refractivity contribution < 1.29 is 18.3 Å². The smallest absolute Gasteiger partial charge is 0.254 e. The van der Waals surface area contributed by atoms with E-state index in [1.165, 1.54) is 32.1 Å². The molecule has 4 nitrogen and oxygen atoms in total. The van der Waals surface area contributed by atoms with Crippen LogP contribution < -0.4 is 0 Å². The first-order chi connectivity index (χ1) is 15.5. The summed E-state index contributed by atoms with van der Waals surface area (Å²) in [6.07, 6.45) is 8.70. The van der Waals surface area contributed by atoms with Crippen molar-refractivity contribution in [2.45, 2.75) is 110 Å². The SMILES string of the molecule is CC.CC(C)OCC1(CN2CCC3(CC2)CC3(F)F)CC1.CO[C@@H](C)[C@@H]1CCC[C@@H]1N(C)C. The minimum absolute atomic E-state index is 0.134. The fraction of sp³-hybridized carbons (Fsp3) is 1.00. The molecule has 0 aromatic carbocycles. The number of alkyl halides is 2. The quantitative estimate of drug-likeness (QED) is 0.425. The van der Waals surface area contributed by atoms with E-state index in [9.17, 15) is 8.78 Å². The predicted molar refractivity (Wildman–Crippen MR) is 133 cm³/mol. The van der Waals surface area contributed by atoms with Crippen molar-refractivity contribution in [2.24, 2.45) is 16.7 Å². The lowest BCUT2D eigenvalue weighted by Gasteiger charge is -2.34. The first kappa shape index (κ1) is 28.9.